The number of benzene rings is 4. The molecule has 0 aliphatic carbocycles. The Labute approximate surface area is 230 Å². The maximum Gasteiger partial charge on any atom is 0.265 e. The van der Waals surface area contributed by atoms with Gasteiger partial charge in [0, 0.05) is 12.1 Å². The van der Waals surface area contributed by atoms with E-state index in [1.165, 1.54) is 12.1 Å². The molecule has 8 heteroatoms. The third-order valence-electron chi connectivity index (χ3n) is 6.20. The molecule has 0 aliphatic heterocycles. The molecule has 0 aromatic heterocycles. The summed E-state index contributed by atoms with van der Waals surface area (Å²) in [7, 11) is -3.80. The Morgan fingerprint density at radius 2 is 1.49 bits per heavy atom. The van der Waals surface area contributed by atoms with Gasteiger partial charge in [0.15, 0.2) is 0 Å². The fourth-order valence-corrected chi connectivity index (χ4v) is 5.29. The molecule has 0 atom stereocenters. The summed E-state index contributed by atoms with van der Waals surface area (Å²) in [6, 6.07) is 31.1. The van der Waals surface area contributed by atoms with Gasteiger partial charge in [-0.15, -0.1) is 0 Å². The second-order valence-corrected chi connectivity index (χ2v) is 11.0. The summed E-state index contributed by atoms with van der Waals surface area (Å²) in [4.78, 5) is 13.0. The maximum atomic E-state index is 13.0. The number of sulfonamides is 1. The third kappa shape index (κ3) is 7.77. The summed E-state index contributed by atoms with van der Waals surface area (Å²) in [6.45, 7) is 4.59. The van der Waals surface area contributed by atoms with Gasteiger partial charge in [-0.3, -0.25) is 10.2 Å². The first-order chi connectivity index (χ1) is 18.8. The van der Waals surface area contributed by atoms with Gasteiger partial charge in [-0.25, -0.2) is 18.6 Å². The molecule has 0 aliphatic rings. The minimum atomic E-state index is -3.80. The summed E-state index contributed by atoms with van der Waals surface area (Å²) in [6.07, 6.45) is 0.497. The largest absolute Gasteiger partial charge is 0.493 e. The number of hydrogen-bond donors (Lipinski definition) is 3. The Morgan fingerprint density at radius 3 is 2.13 bits per heavy atom. The van der Waals surface area contributed by atoms with E-state index in [9.17, 15) is 13.2 Å². The second kappa shape index (κ2) is 13.2. The standard InChI is InChI=1S/C31H33N3O4S/c1-23-17-18-29(24(2)21-23)38-20-10-19-32-39(36,37)28-16-9-15-27(22-28)31(35)34-33-30(25-11-5-3-6-12-25)26-13-7-4-8-14-26/h3-9,11-18,21-22,30,32-33H,10,19-20H2,1-2H3,(H,34,35). The zero-order valence-corrected chi connectivity index (χ0v) is 22.9. The van der Waals surface area contributed by atoms with Gasteiger partial charge in [-0.2, -0.15) is 0 Å². The molecule has 0 fully saturated rings. The Kier molecular flexibility index (Phi) is 9.49. The quantitative estimate of drug-likeness (QED) is 0.171. The molecular formula is C31H33N3O4S. The lowest BCUT2D eigenvalue weighted by Gasteiger charge is -2.20. The first kappa shape index (κ1) is 28.0. The molecule has 39 heavy (non-hydrogen) atoms. The SMILES string of the molecule is Cc1ccc(OCCCNS(=O)(=O)c2cccc(C(=O)NNC(c3ccccc3)c3ccccc3)c2)c(C)c1. The van der Waals surface area contributed by atoms with Crippen molar-refractivity contribution in [3.05, 3.63) is 131 Å². The second-order valence-electron chi connectivity index (χ2n) is 9.25. The summed E-state index contributed by atoms with van der Waals surface area (Å²) < 4.78 is 34.1. The maximum absolute atomic E-state index is 13.0. The van der Waals surface area contributed by atoms with Gasteiger partial charge in [0.05, 0.1) is 17.5 Å². The van der Waals surface area contributed by atoms with Gasteiger partial charge < -0.3 is 4.74 Å². The Bertz CT molecular complexity index is 1450. The van der Waals surface area contributed by atoms with Crippen LogP contribution in [0, 0.1) is 13.8 Å². The van der Waals surface area contributed by atoms with Crippen molar-refractivity contribution in [2.75, 3.05) is 13.2 Å². The highest BCUT2D eigenvalue weighted by atomic mass is 32.2. The summed E-state index contributed by atoms with van der Waals surface area (Å²) in [5.74, 6) is 0.350. The van der Waals surface area contributed by atoms with Crippen LogP contribution in [0.2, 0.25) is 0 Å². The molecule has 0 spiro atoms. The van der Waals surface area contributed by atoms with Crippen LogP contribution < -0.4 is 20.3 Å². The summed E-state index contributed by atoms with van der Waals surface area (Å²) in [5.41, 5.74) is 10.2. The van der Waals surface area contributed by atoms with E-state index in [1.54, 1.807) is 12.1 Å². The first-order valence-corrected chi connectivity index (χ1v) is 14.3. The molecule has 0 saturated carbocycles. The number of hydrogen-bond acceptors (Lipinski definition) is 5. The minimum Gasteiger partial charge on any atom is -0.493 e. The van der Waals surface area contributed by atoms with E-state index in [-0.39, 0.29) is 23.0 Å². The van der Waals surface area contributed by atoms with Crippen molar-refractivity contribution in [1.82, 2.24) is 15.6 Å². The number of carbonyl (C=O) groups excluding carboxylic acids is 1. The highest BCUT2D eigenvalue weighted by Gasteiger charge is 2.18. The molecule has 0 bridgehead atoms. The number of amides is 1. The highest BCUT2D eigenvalue weighted by molar-refractivity contribution is 7.89. The fourth-order valence-electron chi connectivity index (χ4n) is 4.17. The molecule has 202 valence electrons. The van der Waals surface area contributed by atoms with E-state index in [2.05, 4.69) is 15.6 Å². The molecule has 0 radical (unpaired) electrons. The number of hydrazine groups is 1. The van der Waals surface area contributed by atoms with E-state index in [4.69, 9.17) is 4.74 Å². The molecule has 3 N–H and O–H groups in total. The van der Waals surface area contributed by atoms with Crippen LogP contribution in [-0.4, -0.2) is 27.5 Å². The highest BCUT2D eigenvalue weighted by Crippen LogP contribution is 2.21. The average molecular weight is 544 g/mol. The molecule has 4 aromatic rings. The normalized spacial score (nSPS) is 11.4. The topological polar surface area (TPSA) is 96.5 Å². The van der Waals surface area contributed by atoms with E-state index in [1.807, 2.05) is 92.7 Å². The molecule has 0 unspecified atom stereocenters. The van der Waals surface area contributed by atoms with Crippen molar-refractivity contribution in [1.29, 1.82) is 0 Å². The number of ether oxygens (including phenoxy) is 1. The van der Waals surface area contributed by atoms with Gasteiger partial charge in [0.25, 0.3) is 5.91 Å². The molecular weight excluding hydrogens is 510 g/mol. The van der Waals surface area contributed by atoms with Crippen LogP contribution in [0.15, 0.2) is 108 Å². The van der Waals surface area contributed by atoms with E-state index in [0.29, 0.717) is 13.0 Å². The first-order valence-electron chi connectivity index (χ1n) is 12.8. The number of nitrogens with one attached hydrogen (secondary N) is 3. The van der Waals surface area contributed by atoms with Crippen molar-refractivity contribution in [3.63, 3.8) is 0 Å². The van der Waals surface area contributed by atoms with E-state index in [0.717, 1.165) is 28.0 Å². The lowest BCUT2D eigenvalue weighted by molar-refractivity contribution is 0.0928. The van der Waals surface area contributed by atoms with E-state index >= 15 is 0 Å². The van der Waals surface area contributed by atoms with Crippen LogP contribution in [0.3, 0.4) is 0 Å². The molecule has 0 saturated heterocycles. The van der Waals surface area contributed by atoms with Crippen LogP contribution in [0.4, 0.5) is 0 Å². The van der Waals surface area contributed by atoms with Crippen molar-refractivity contribution in [2.24, 2.45) is 0 Å². The average Bonchev–Trinajstić information content (AvgIpc) is 2.95. The predicted octanol–water partition coefficient (Wildman–Crippen LogP) is 5.07. The lowest BCUT2D eigenvalue weighted by Crippen LogP contribution is -2.40. The lowest BCUT2D eigenvalue weighted by atomic mass is 9.99. The number of rotatable bonds is 12. The van der Waals surface area contributed by atoms with Crippen molar-refractivity contribution in [2.45, 2.75) is 31.2 Å². The predicted molar refractivity (Wildman–Crippen MR) is 153 cm³/mol. The van der Waals surface area contributed by atoms with Gasteiger partial charge in [0.1, 0.15) is 5.75 Å². The number of aryl methyl sites for hydroxylation is 2. The molecule has 4 aromatic carbocycles. The third-order valence-corrected chi connectivity index (χ3v) is 7.66. The fraction of sp³-hybridized carbons (Fsp3) is 0.194. The zero-order valence-electron chi connectivity index (χ0n) is 22.1. The Morgan fingerprint density at radius 1 is 0.821 bits per heavy atom. The monoisotopic (exact) mass is 543 g/mol. The minimum absolute atomic E-state index is 0.0214. The van der Waals surface area contributed by atoms with Crippen LogP contribution in [-0.2, 0) is 10.0 Å². The summed E-state index contributed by atoms with van der Waals surface area (Å²) in [5, 5.41) is 0. The van der Waals surface area contributed by atoms with Gasteiger partial charge in [-0.05, 0) is 61.2 Å². The van der Waals surface area contributed by atoms with Crippen LogP contribution >= 0.6 is 0 Å². The van der Waals surface area contributed by atoms with Crippen LogP contribution in [0.25, 0.3) is 0 Å². The van der Waals surface area contributed by atoms with Gasteiger partial charge >= 0.3 is 0 Å². The van der Waals surface area contributed by atoms with E-state index < -0.39 is 15.9 Å². The Balaban J connectivity index is 1.34. The zero-order chi connectivity index (χ0) is 27.7. The molecule has 4 rings (SSSR count). The molecule has 0 heterocycles. The Hall–Kier alpha value is -3.98. The van der Waals surface area contributed by atoms with Gasteiger partial charge in [-0.1, -0.05) is 84.4 Å². The van der Waals surface area contributed by atoms with Crippen molar-refractivity contribution < 1.29 is 17.9 Å². The summed E-state index contributed by atoms with van der Waals surface area (Å²) >= 11 is 0. The molecule has 1 amide bonds. The molecule has 7 nitrogen and oxygen atoms in total. The van der Waals surface area contributed by atoms with Crippen LogP contribution in [0.5, 0.6) is 5.75 Å². The van der Waals surface area contributed by atoms with Crippen LogP contribution in [0.1, 0.15) is 45.1 Å². The number of carbonyl (C=O) groups is 1. The van der Waals surface area contributed by atoms with Crippen molar-refractivity contribution in [3.8, 4) is 5.75 Å². The van der Waals surface area contributed by atoms with Crippen molar-refractivity contribution >= 4 is 15.9 Å². The smallest absolute Gasteiger partial charge is 0.265 e. The van der Waals surface area contributed by atoms with Gasteiger partial charge in [0.2, 0.25) is 10.0 Å².